The van der Waals surface area contributed by atoms with Gasteiger partial charge in [-0.2, -0.15) is 0 Å². The molecule has 1 heterocycles. The molecule has 0 aliphatic heterocycles. The van der Waals surface area contributed by atoms with Gasteiger partial charge in [0.2, 0.25) is 0 Å². The number of nitrogens with zero attached hydrogens (tertiary/aromatic N) is 1. The number of aliphatic carboxylic acids is 1. The first-order valence-corrected chi connectivity index (χ1v) is 5.65. The van der Waals surface area contributed by atoms with Gasteiger partial charge < -0.3 is 14.8 Å². The highest BCUT2D eigenvalue weighted by Gasteiger charge is 2.18. The Kier molecular flexibility index (Phi) is 3.12. The number of hydrogen-bond donors (Lipinski definition) is 2. The van der Waals surface area contributed by atoms with Crippen molar-refractivity contribution in [2.24, 2.45) is 7.05 Å². The van der Waals surface area contributed by atoms with Gasteiger partial charge in [-0.3, -0.25) is 0 Å². The molecule has 2 N–H and O–H groups in total. The Hall–Kier alpha value is -2.56. The summed E-state index contributed by atoms with van der Waals surface area (Å²) in [6, 6.07) is 5.57. The van der Waals surface area contributed by atoms with Crippen molar-refractivity contribution in [2.75, 3.05) is 0 Å². The lowest BCUT2D eigenvalue weighted by Gasteiger charge is -1.99. The molecular weight excluding hydrogens is 246 g/mol. The third kappa shape index (κ3) is 2.22. The highest BCUT2D eigenvalue weighted by molar-refractivity contribution is 6.04. The number of benzene rings is 1. The minimum atomic E-state index is -1.11. The summed E-state index contributed by atoms with van der Waals surface area (Å²) in [5.41, 5.74) is 2.24. The van der Waals surface area contributed by atoms with Crippen LogP contribution in [-0.4, -0.2) is 26.7 Å². The zero-order valence-electron chi connectivity index (χ0n) is 10.5. The van der Waals surface area contributed by atoms with Crippen LogP contribution in [0, 0.1) is 6.92 Å². The van der Waals surface area contributed by atoms with E-state index >= 15 is 0 Å². The average Bonchev–Trinajstić information content (AvgIpc) is 2.59. The van der Waals surface area contributed by atoms with Crippen molar-refractivity contribution in [3.63, 3.8) is 0 Å². The normalized spacial score (nSPS) is 11.3. The monoisotopic (exact) mass is 259 g/mol. The van der Waals surface area contributed by atoms with Gasteiger partial charge in [-0.1, -0.05) is 11.6 Å². The van der Waals surface area contributed by atoms with E-state index in [-0.39, 0.29) is 5.69 Å². The van der Waals surface area contributed by atoms with Crippen molar-refractivity contribution in [1.82, 2.24) is 4.57 Å². The highest BCUT2D eigenvalue weighted by atomic mass is 16.4. The number of carboxylic acids is 2. The van der Waals surface area contributed by atoms with Crippen LogP contribution < -0.4 is 0 Å². The maximum absolute atomic E-state index is 11.3. The smallest absolute Gasteiger partial charge is 0.353 e. The van der Waals surface area contributed by atoms with Crippen molar-refractivity contribution in [1.29, 1.82) is 0 Å². The number of rotatable bonds is 3. The Morgan fingerprint density at radius 1 is 1.26 bits per heavy atom. The number of fused-ring (bicyclic) bond motifs is 1. The van der Waals surface area contributed by atoms with Crippen LogP contribution in [0.2, 0.25) is 0 Å². The fraction of sp³-hybridized carbons (Fsp3) is 0.143. The number of aryl methyl sites for hydroxylation is 2. The summed E-state index contributed by atoms with van der Waals surface area (Å²) >= 11 is 0. The number of aromatic nitrogens is 1. The lowest BCUT2D eigenvalue weighted by Crippen LogP contribution is -2.05. The van der Waals surface area contributed by atoms with Crippen LogP contribution in [0.15, 0.2) is 24.3 Å². The van der Waals surface area contributed by atoms with E-state index in [0.29, 0.717) is 5.56 Å². The van der Waals surface area contributed by atoms with Crippen molar-refractivity contribution in [3.8, 4) is 0 Å². The van der Waals surface area contributed by atoms with Gasteiger partial charge in [0, 0.05) is 29.6 Å². The summed E-state index contributed by atoms with van der Waals surface area (Å²) in [7, 11) is 1.65. The standard InChI is InChI=1S/C14H13NO4/c1-8-3-5-11-10(7-8)9(4-6-12(16)17)13(14(18)19)15(11)2/h3-7H,1-2H3,(H,16,17)(H,18,19)/b6-4-. The molecule has 2 aromatic rings. The fourth-order valence-corrected chi connectivity index (χ4v) is 2.17. The van der Waals surface area contributed by atoms with Gasteiger partial charge in [0.25, 0.3) is 0 Å². The first-order valence-electron chi connectivity index (χ1n) is 5.65. The second-order valence-corrected chi connectivity index (χ2v) is 4.32. The molecule has 0 radical (unpaired) electrons. The van der Waals surface area contributed by atoms with Crippen LogP contribution in [0.5, 0.6) is 0 Å². The van der Waals surface area contributed by atoms with Crippen LogP contribution in [0.1, 0.15) is 21.6 Å². The number of carboxylic acid groups (broad SMARTS) is 2. The predicted octanol–water partition coefficient (Wildman–Crippen LogP) is 2.28. The van der Waals surface area contributed by atoms with E-state index in [9.17, 15) is 14.7 Å². The summed E-state index contributed by atoms with van der Waals surface area (Å²) in [6.45, 7) is 1.90. The van der Waals surface area contributed by atoms with E-state index in [1.165, 1.54) is 6.08 Å². The van der Waals surface area contributed by atoms with Crippen molar-refractivity contribution in [3.05, 3.63) is 41.1 Å². The highest BCUT2D eigenvalue weighted by Crippen LogP contribution is 2.27. The Morgan fingerprint density at radius 3 is 2.53 bits per heavy atom. The summed E-state index contributed by atoms with van der Waals surface area (Å²) in [5.74, 6) is -2.19. The molecule has 0 spiro atoms. The summed E-state index contributed by atoms with van der Waals surface area (Å²) in [5, 5.41) is 18.7. The third-order valence-corrected chi connectivity index (χ3v) is 2.99. The van der Waals surface area contributed by atoms with Crippen LogP contribution >= 0.6 is 0 Å². The SMILES string of the molecule is Cc1ccc2c(c1)c(/C=C\C(=O)O)c(C(=O)O)n2C. The van der Waals surface area contributed by atoms with E-state index in [2.05, 4.69) is 0 Å². The largest absolute Gasteiger partial charge is 0.478 e. The first-order chi connectivity index (χ1) is 8.91. The molecule has 5 heteroatoms. The molecule has 0 aliphatic carbocycles. The Labute approximate surface area is 109 Å². The van der Waals surface area contributed by atoms with Crippen molar-refractivity contribution in [2.45, 2.75) is 6.92 Å². The minimum Gasteiger partial charge on any atom is -0.478 e. The van der Waals surface area contributed by atoms with Crippen molar-refractivity contribution >= 4 is 28.9 Å². The topological polar surface area (TPSA) is 79.5 Å². The molecule has 1 aromatic heterocycles. The lowest BCUT2D eigenvalue weighted by molar-refractivity contribution is -0.131. The maximum Gasteiger partial charge on any atom is 0.353 e. The van der Waals surface area contributed by atoms with E-state index < -0.39 is 11.9 Å². The molecule has 1 aromatic carbocycles. The van der Waals surface area contributed by atoms with Gasteiger partial charge in [0.1, 0.15) is 5.69 Å². The molecule has 0 aliphatic rings. The predicted molar refractivity (Wildman–Crippen MR) is 71.3 cm³/mol. The zero-order valence-corrected chi connectivity index (χ0v) is 10.5. The van der Waals surface area contributed by atoms with Crippen molar-refractivity contribution < 1.29 is 19.8 Å². The number of hydrogen-bond acceptors (Lipinski definition) is 2. The van der Waals surface area contributed by atoms with Crippen LogP contribution in [0.4, 0.5) is 0 Å². The summed E-state index contributed by atoms with van der Waals surface area (Å²) in [4.78, 5) is 22.0. The molecular formula is C14H13NO4. The Morgan fingerprint density at radius 2 is 1.95 bits per heavy atom. The van der Waals surface area contributed by atoms with Gasteiger partial charge >= 0.3 is 11.9 Å². The average molecular weight is 259 g/mol. The second-order valence-electron chi connectivity index (χ2n) is 4.32. The molecule has 2 rings (SSSR count). The first kappa shape index (κ1) is 12.9. The lowest BCUT2D eigenvalue weighted by atomic mass is 10.1. The minimum absolute atomic E-state index is 0.0816. The Balaban J connectivity index is 2.83. The van der Waals surface area contributed by atoms with Gasteiger partial charge in [0.05, 0.1) is 0 Å². The molecule has 0 fully saturated rings. The molecule has 0 unspecified atom stereocenters. The van der Waals surface area contributed by atoms with E-state index in [4.69, 9.17) is 5.11 Å². The van der Waals surface area contributed by atoms with Gasteiger partial charge in [-0.25, -0.2) is 9.59 Å². The molecule has 0 amide bonds. The Bertz CT molecular complexity index is 710. The van der Waals surface area contributed by atoms with Crippen LogP contribution in [-0.2, 0) is 11.8 Å². The third-order valence-electron chi connectivity index (χ3n) is 2.99. The van der Waals surface area contributed by atoms with E-state index in [0.717, 1.165) is 22.5 Å². The van der Waals surface area contributed by atoms with E-state index in [1.54, 1.807) is 11.6 Å². The number of aromatic carboxylic acids is 1. The fourth-order valence-electron chi connectivity index (χ4n) is 2.17. The summed E-state index contributed by atoms with van der Waals surface area (Å²) < 4.78 is 1.55. The molecule has 19 heavy (non-hydrogen) atoms. The van der Waals surface area contributed by atoms with E-state index in [1.807, 2.05) is 25.1 Å². The molecule has 0 saturated carbocycles. The summed E-state index contributed by atoms with van der Waals surface area (Å²) in [6.07, 6.45) is 2.27. The number of carbonyl (C=O) groups is 2. The second kappa shape index (κ2) is 4.61. The van der Waals surface area contributed by atoms with Crippen LogP contribution in [0.25, 0.3) is 17.0 Å². The zero-order chi connectivity index (χ0) is 14.2. The molecule has 0 saturated heterocycles. The van der Waals surface area contributed by atoms with Gasteiger partial charge in [-0.15, -0.1) is 0 Å². The van der Waals surface area contributed by atoms with Crippen LogP contribution in [0.3, 0.4) is 0 Å². The molecule has 0 bridgehead atoms. The molecule has 0 atom stereocenters. The van der Waals surface area contributed by atoms with Gasteiger partial charge in [-0.05, 0) is 25.1 Å². The molecule has 5 nitrogen and oxygen atoms in total. The molecule has 98 valence electrons. The quantitative estimate of drug-likeness (QED) is 0.829. The maximum atomic E-state index is 11.3. The van der Waals surface area contributed by atoms with Gasteiger partial charge in [0.15, 0.2) is 0 Å².